The number of carbonyl (C=O) groups excluding carboxylic acids is 5. The molecule has 2 aliphatic rings. The molecule has 222 valence electrons. The van der Waals surface area contributed by atoms with Gasteiger partial charge >= 0.3 is 11.9 Å². The highest BCUT2D eigenvalue weighted by atomic mass is 16.5. The lowest BCUT2D eigenvalue weighted by Gasteiger charge is -2.35. The Morgan fingerprint density at radius 1 is 1.05 bits per heavy atom. The molecule has 3 rings (SSSR count). The molecule has 0 bridgehead atoms. The van der Waals surface area contributed by atoms with Crippen LogP contribution in [0.15, 0.2) is 48.8 Å². The summed E-state index contributed by atoms with van der Waals surface area (Å²) >= 11 is 0. The molecule has 0 radical (unpaired) electrons. The Labute approximate surface area is 242 Å². The van der Waals surface area contributed by atoms with Gasteiger partial charge in [0.15, 0.2) is 5.78 Å². The van der Waals surface area contributed by atoms with Crippen LogP contribution in [0.4, 0.5) is 0 Å². The summed E-state index contributed by atoms with van der Waals surface area (Å²) in [4.78, 5) is 70.2. The van der Waals surface area contributed by atoms with E-state index in [0.29, 0.717) is 44.1 Å². The van der Waals surface area contributed by atoms with Crippen molar-refractivity contribution in [2.45, 2.75) is 90.2 Å². The van der Waals surface area contributed by atoms with Gasteiger partial charge in [-0.1, -0.05) is 32.1 Å². The zero-order chi connectivity index (χ0) is 29.8. The van der Waals surface area contributed by atoms with Gasteiger partial charge in [-0.25, -0.2) is 4.79 Å². The van der Waals surface area contributed by atoms with E-state index in [1.54, 1.807) is 24.5 Å². The summed E-state index contributed by atoms with van der Waals surface area (Å²) in [5, 5.41) is 0. The molecule has 0 aromatic carbocycles. The van der Waals surface area contributed by atoms with Crippen LogP contribution in [0.25, 0.3) is 0 Å². The average molecular weight is 567 g/mol. The van der Waals surface area contributed by atoms with Crippen molar-refractivity contribution < 1.29 is 33.4 Å². The lowest BCUT2D eigenvalue weighted by molar-refractivity contribution is -0.165. The maximum absolute atomic E-state index is 13.5. The molecule has 9 heteroatoms. The third-order valence-electron chi connectivity index (χ3n) is 7.72. The Morgan fingerprint density at radius 2 is 1.85 bits per heavy atom. The molecule has 1 aromatic heterocycles. The summed E-state index contributed by atoms with van der Waals surface area (Å²) < 4.78 is 11.4. The number of piperidine rings is 1. The van der Waals surface area contributed by atoms with Crippen molar-refractivity contribution in [3.05, 3.63) is 54.4 Å². The van der Waals surface area contributed by atoms with Crippen LogP contribution < -0.4 is 0 Å². The monoisotopic (exact) mass is 566 g/mol. The Morgan fingerprint density at radius 3 is 2.59 bits per heavy atom. The van der Waals surface area contributed by atoms with Crippen LogP contribution in [0.2, 0.25) is 0 Å². The Hall–Kier alpha value is -3.62. The highest BCUT2D eigenvalue weighted by Crippen LogP contribution is 2.25. The van der Waals surface area contributed by atoms with Crippen molar-refractivity contribution >= 4 is 29.4 Å². The van der Waals surface area contributed by atoms with Gasteiger partial charge in [0.1, 0.15) is 12.1 Å². The second-order valence-corrected chi connectivity index (χ2v) is 11.1. The Bertz CT molecular complexity index is 1130. The molecule has 0 aliphatic carbocycles. The molecule has 3 unspecified atom stereocenters. The smallest absolute Gasteiger partial charge is 0.329 e. The van der Waals surface area contributed by atoms with Crippen molar-refractivity contribution in [3.8, 4) is 0 Å². The number of aromatic nitrogens is 1. The van der Waals surface area contributed by atoms with Gasteiger partial charge in [0.05, 0.1) is 13.0 Å². The number of pyridine rings is 1. The molecule has 0 saturated carbocycles. The predicted molar refractivity (Wildman–Crippen MR) is 152 cm³/mol. The summed E-state index contributed by atoms with van der Waals surface area (Å²) in [5.41, 5.74) is 1.60. The number of aryl methyl sites for hydroxylation is 1. The molecule has 41 heavy (non-hydrogen) atoms. The van der Waals surface area contributed by atoms with Gasteiger partial charge in [0.2, 0.25) is 5.78 Å². The number of rotatable bonds is 5. The lowest BCUT2D eigenvalue weighted by atomic mass is 9.90. The quantitative estimate of drug-likeness (QED) is 0.293. The fraction of sp³-hybridized carbons (Fsp3) is 0.562. The molecule has 2 aliphatic heterocycles. The van der Waals surface area contributed by atoms with Crippen LogP contribution in [0.5, 0.6) is 0 Å². The first-order chi connectivity index (χ1) is 19.7. The normalized spacial score (nSPS) is 26.0. The molecule has 1 saturated heterocycles. The number of hydrogen-bond donors (Lipinski definition) is 0. The second kappa shape index (κ2) is 16.0. The lowest BCUT2D eigenvalue weighted by Crippen LogP contribution is -2.51. The van der Waals surface area contributed by atoms with Crippen LogP contribution in [0.3, 0.4) is 0 Å². The van der Waals surface area contributed by atoms with Crippen molar-refractivity contribution in [2.24, 2.45) is 11.8 Å². The maximum Gasteiger partial charge on any atom is 0.329 e. The summed E-state index contributed by atoms with van der Waals surface area (Å²) in [7, 11) is 0. The van der Waals surface area contributed by atoms with E-state index in [-0.39, 0.29) is 50.0 Å². The number of nitrogens with zero attached hydrogens (tertiary/aromatic N) is 2. The molecule has 0 spiro atoms. The highest BCUT2D eigenvalue weighted by Gasteiger charge is 2.37. The van der Waals surface area contributed by atoms with Crippen LogP contribution in [0, 0.1) is 11.8 Å². The van der Waals surface area contributed by atoms with Crippen LogP contribution in [-0.2, 0) is 39.9 Å². The molecule has 3 heterocycles. The molecular weight excluding hydrogens is 524 g/mol. The van der Waals surface area contributed by atoms with E-state index in [4.69, 9.17) is 9.47 Å². The van der Waals surface area contributed by atoms with E-state index >= 15 is 0 Å². The fourth-order valence-electron chi connectivity index (χ4n) is 5.27. The summed E-state index contributed by atoms with van der Waals surface area (Å²) in [6.07, 6.45) is 9.99. The molecule has 1 aromatic rings. The van der Waals surface area contributed by atoms with E-state index in [0.717, 1.165) is 12.0 Å². The molecule has 1 fully saturated rings. The number of allylic oxidation sites excluding steroid dienone is 2. The van der Waals surface area contributed by atoms with Crippen molar-refractivity contribution in [2.75, 3.05) is 13.2 Å². The second-order valence-electron chi connectivity index (χ2n) is 11.1. The number of ether oxygens (including phenoxy) is 2. The number of amides is 1. The number of hydrogen-bond acceptors (Lipinski definition) is 8. The standard InChI is InChI=1S/C32H42N2O7/c1-4-8-25-19-22(2)21-40-30(37)16-14-28(36)31(38)34-18-6-5-10-26(34)32(39)41-29(23(3)11-13-27(25)35)15-12-24-9-7-17-33-20-24/h4,7,9,17,19-20,22-23,26,29H,1,5-6,8,10-16,18,21H2,2-3H3/t22?,23?,26-,29?/m0/s1. The van der Waals surface area contributed by atoms with Gasteiger partial charge in [0.25, 0.3) is 5.91 Å². The molecule has 0 N–H and O–H groups in total. The average Bonchev–Trinajstić information content (AvgIpc) is 2.98. The van der Waals surface area contributed by atoms with E-state index in [1.165, 1.54) is 4.90 Å². The van der Waals surface area contributed by atoms with Crippen LogP contribution >= 0.6 is 0 Å². The van der Waals surface area contributed by atoms with Crippen LogP contribution in [-0.4, -0.2) is 64.6 Å². The highest BCUT2D eigenvalue weighted by molar-refractivity contribution is 6.36. The van der Waals surface area contributed by atoms with Gasteiger partial charge < -0.3 is 14.4 Å². The van der Waals surface area contributed by atoms with Crippen molar-refractivity contribution in [1.29, 1.82) is 0 Å². The Kier molecular flexibility index (Phi) is 12.4. The number of cyclic esters (lactones) is 2. The third-order valence-corrected chi connectivity index (χ3v) is 7.72. The summed E-state index contributed by atoms with van der Waals surface area (Å²) in [6.45, 7) is 7.89. The van der Waals surface area contributed by atoms with Gasteiger partial charge in [-0.05, 0) is 68.1 Å². The number of ketones is 2. The van der Waals surface area contributed by atoms with Crippen molar-refractivity contribution in [1.82, 2.24) is 9.88 Å². The minimum Gasteiger partial charge on any atom is -0.465 e. The minimum absolute atomic E-state index is 0.0279. The maximum atomic E-state index is 13.5. The van der Waals surface area contributed by atoms with E-state index in [1.807, 2.05) is 26.0 Å². The molecule has 9 nitrogen and oxygen atoms in total. The topological polar surface area (TPSA) is 120 Å². The third kappa shape index (κ3) is 9.76. The van der Waals surface area contributed by atoms with Gasteiger partial charge in [-0.2, -0.15) is 0 Å². The first-order valence-corrected chi connectivity index (χ1v) is 14.6. The van der Waals surface area contributed by atoms with E-state index in [2.05, 4.69) is 11.6 Å². The number of carbonyl (C=O) groups is 5. The molecule has 4 atom stereocenters. The molecular formula is C32H42N2O7. The minimum atomic E-state index is -0.869. The SMILES string of the molecule is C=CCC1=CC(C)COC(=O)CCC(=O)C(=O)N2CCCC[C@H]2C(=O)OC(CCc2cccnc2)C(C)CCC1=O. The van der Waals surface area contributed by atoms with Crippen molar-refractivity contribution in [3.63, 3.8) is 0 Å². The van der Waals surface area contributed by atoms with E-state index in [9.17, 15) is 24.0 Å². The number of Topliss-reactive ketones (excluding diaryl/α,β-unsaturated/α-hetero) is 2. The molecule has 1 amide bonds. The zero-order valence-corrected chi connectivity index (χ0v) is 24.2. The van der Waals surface area contributed by atoms with Gasteiger partial charge in [0, 0.05) is 37.7 Å². The summed E-state index contributed by atoms with van der Waals surface area (Å²) in [5.74, 6) is -3.03. The fourth-order valence-corrected chi connectivity index (χ4v) is 5.27. The number of esters is 2. The largest absolute Gasteiger partial charge is 0.465 e. The Balaban J connectivity index is 1.87. The van der Waals surface area contributed by atoms with Gasteiger partial charge in [-0.3, -0.25) is 24.2 Å². The van der Waals surface area contributed by atoms with E-state index < -0.39 is 35.8 Å². The van der Waals surface area contributed by atoms with Gasteiger partial charge in [-0.15, -0.1) is 6.58 Å². The predicted octanol–water partition coefficient (Wildman–Crippen LogP) is 4.34. The number of fused-ring (bicyclic) bond motifs is 1. The van der Waals surface area contributed by atoms with Crippen LogP contribution in [0.1, 0.15) is 77.2 Å². The summed E-state index contributed by atoms with van der Waals surface area (Å²) in [6, 6.07) is 2.94. The first-order valence-electron chi connectivity index (χ1n) is 14.6. The first kappa shape index (κ1) is 31.9. The zero-order valence-electron chi connectivity index (χ0n) is 24.2.